The van der Waals surface area contributed by atoms with E-state index in [1.807, 2.05) is 65.3 Å². The van der Waals surface area contributed by atoms with Crippen molar-refractivity contribution in [2.24, 2.45) is 0 Å². The highest BCUT2D eigenvalue weighted by atomic mass is 19.3. The second-order valence-corrected chi connectivity index (χ2v) is 10.4. The Morgan fingerprint density at radius 3 is 2.39 bits per heavy atom. The van der Waals surface area contributed by atoms with Gasteiger partial charge in [0.25, 0.3) is 5.92 Å². The molecular weight excluding hydrogens is 460 g/mol. The van der Waals surface area contributed by atoms with Crippen LogP contribution in [0.5, 0.6) is 0 Å². The summed E-state index contributed by atoms with van der Waals surface area (Å²) in [4.78, 5) is 29.8. The lowest BCUT2D eigenvalue weighted by molar-refractivity contribution is -0.129. The predicted octanol–water partition coefficient (Wildman–Crippen LogP) is 4.89. The Hall–Kier alpha value is -3.32. The lowest BCUT2D eigenvalue weighted by Gasteiger charge is -2.41. The molecule has 36 heavy (non-hydrogen) atoms. The summed E-state index contributed by atoms with van der Waals surface area (Å²) in [5.41, 5.74) is 1.54. The van der Waals surface area contributed by atoms with E-state index in [4.69, 9.17) is 0 Å². The summed E-state index contributed by atoms with van der Waals surface area (Å²) in [6.45, 7) is 2.76. The van der Waals surface area contributed by atoms with Gasteiger partial charge in [-0.3, -0.25) is 14.5 Å². The van der Waals surface area contributed by atoms with Gasteiger partial charge in [-0.25, -0.2) is 0 Å². The number of piperidine rings is 1. The van der Waals surface area contributed by atoms with Crippen LogP contribution < -0.4 is 10.2 Å². The zero-order valence-corrected chi connectivity index (χ0v) is 20.4. The fraction of sp³-hybridized carbons (Fsp3) is 0.379. The number of alkyl halides is 2. The third-order valence-corrected chi connectivity index (χ3v) is 8.41. The minimum atomic E-state index is -2.97. The number of nitrogens with one attached hydrogen (secondary N) is 1. The summed E-state index contributed by atoms with van der Waals surface area (Å²) in [5.74, 6) is -3.25. The van der Waals surface area contributed by atoms with E-state index in [0.29, 0.717) is 36.9 Å². The Labute approximate surface area is 209 Å². The number of nitrogens with zero attached hydrogens (tertiary/aromatic N) is 2. The lowest BCUT2D eigenvalue weighted by Crippen LogP contribution is -2.51. The van der Waals surface area contributed by atoms with Crippen LogP contribution in [-0.4, -0.2) is 42.9 Å². The number of amides is 2. The Morgan fingerprint density at radius 2 is 1.67 bits per heavy atom. The van der Waals surface area contributed by atoms with Crippen molar-refractivity contribution in [1.29, 1.82) is 0 Å². The fourth-order valence-corrected chi connectivity index (χ4v) is 6.63. The van der Waals surface area contributed by atoms with Gasteiger partial charge < -0.3 is 10.2 Å². The molecular formula is C29H29F2N3O2. The number of carbonyl (C=O) groups is 2. The summed E-state index contributed by atoms with van der Waals surface area (Å²) in [6.07, 6.45) is 1.26. The second kappa shape index (κ2) is 8.10. The van der Waals surface area contributed by atoms with Crippen LogP contribution in [0.4, 0.5) is 14.5 Å². The van der Waals surface area contributed by atoms with Gasteiger partial charge in [0.2, 0.25) is 11.8 Å². The molecule has 7 heteroatoms. The van der Waals surface area contributed by atoms with E-state index in [9.17, 15) is 9.59 Å². The Bertz CT molecular complexity index is 1380. The average molecular weight is 490 g/mol. The molecule has 2 atom stereocenters. The molecule has 0 saturated carbocycles. The van der Waals surface area contributed by atoms with Crippen LogP contribution in [0.25, 0.3) is 10.8 Å². The first-order valence-corrected chi connectivity index (χ1v) is 12.5. The summed E-state index contributed by atoms with van der Waals surface area (Å²) in [7, 11) is 1.57. The topological polar surface area (TPSA) is 52.7 Å². The predicted molar refractivity (Wildman–Crippen MR) is 135 cm³/mol. The van der Waals surface area contributed by atoms with E-state index in [2.05, 4.69) is 5.32 Å². The molecule has 0 radical (unpaired) electrons. The fourth-order valence-electron chi connectivity index (χ4n) is 6.63. The number of anilines is 1. The minimum Gasteiger partial charge on any atom is -0.359 e. The maximum absolute atomic E-state index is 15.7. The molecule has 3 aliphatic rings. The molecule has 2 heterocycles. The molecule has 2 aliphatic heterocycles. The van der Waals surface area contributed by atoms with Crippen molar-refractivity contribution in [3.05, 3.63) is 77.4 Å². The van der Waals surface area contributed by atoms with Crippen LogP contribution in [0.2, 0.25) is 0 Å². The highest BCUT2D eigenvalue weighted by Crippen LogP contribution is 2.55. The van der Waals surface area contributed by atoms with Gasteiger partial charge in [-0.15, -0.1) is 0 Å². The van der Waals surface area contributed by atoms with Crippen LogP contribution in [0.3, 0.4) is 0 Å². The quantitative estimate of drug-likeness (QED) is 0.568. The molecule has 0 bridgehead atoms. The summed E-state index contributed by atoms with van der Waals surface area (Å²) in [5, 5.41) is 4.15. The number of benzene rings is 3. The molecule has 6 rings (SSSR count). The van der Waals surface area contributed by atoms with Crippen molar-refractivity contribution >= 4 is 28.3 Å². The third kappa shape index (κ3) is 3.15. The van der Waals surface area contributed by atoms with Crippen molar-refractivity contribution in [2.45, 2.75) is 49.6 Å². The number of hydrogen-bond donors (Lipinski definition) is 1. The maximum Gasteiger partial charge on any atom is 0.293 e. The molecule has 0 aromatic heterocycles. The number of rotatable bonds is 4. The van der Waals surface area contributed by atoms with Crippen LogP contribution >= 0.6 is 0 Å². The van der Waals surface area contributed by atoms with Crippen LogP contribution in [0.15, 0.2) is 60.7 Å². The van der Waals surface area contributed by atoms with Gasteiger partial charge in [0.1, 0.15) is 6.04 Å². The van der Waals surface area contributed by atoms with Crippen LogP contribution in [-0.2, 0) is 20.9 Å². The van der Waals surface area contributed by atoms with Gasteiger partial charge in [0.15, 0.2) is 0 Å². The van der Waals surface area contributed by atoms with Gasteiger partial charge in [0.05, 0.1) is 5.41 Å². The van der Waals surface area contributed by atoms with Gasteiger partial charge in [-0.05, 0) is 47.7 Å². The molecule has 5 nitrogen and oxygen atoms in total. The van der Waals surface area contributed by atoms with E-state index >= 15 is 8.78 Å². The van der Waals surface area contributed by atoms with Gasteiger partial charge >= 0.3 is 0 Å². The van der Waals surface area contributed by atoms with E-state index in [1.54, 1.807) is 19.2 Å². The zero-order valence-electron chi connectivity index (χ0n) is 20.4. The molecule has 1 N–H and O–H groups in total. The first kappa shape index (κ1) is 23.1. The maximum atomic E-state index is 15.7. The van der Waals surface area contributed by atoms with Crippen molar-refractivity contribution < 1.29 is 18.4 Å². The second-order valence-electron chi connectivity index (χ2n) is 10.4. The average Bonchev–Trinajstić information content (AvgIpc) is 3.25. The summed E-state index contributed by atoms with van der Waals surface area (Å²) < 4.78 is 31.5. The third-order valence-electron chi connectivity index (χ3n) is 8.41. The van der Waals surface area contributed by atoms with E-state index in [0.717, 1.165) is 16.6 Å². The Kier molecular flexibility index (Phi) is 5.20. The SMILES string of the molecule is CNC(=O)C[C@@]1(C)C(=O)N(C2CCN([C@H]3c4cccc5cccc(c45)C3(F)F)CC2)c2ccccc21. The van der Waals surface area contributed by atoms with Crippen molar-refractivity contribution in [1.82, 2.24) is 10.2 Å². The monoisotopic (exact) mass is 489 g/mol. The Balaban J connectivity index is 1.27. The standard InChI is InChI=1S/C29H29F2N3O2/c1-28(17-24(35)32-2)21-10-3-4-12-23(21)34(27(28)36)19-13-15-33(16-14-19)26-20-9-5-7-18-8-6-11-22(25(18)20)29(26,30)31/h3-12,19,26H,13-17H2,1-2H3,(H,32,35)/t26-,28+/m0/s1. The van der Waals surface area contributed by atoms with Crippen LogP contribution in [0, 0.1) is 0 Å². The van der Waals surface area contributed by atoms with E-state index in [1.165, 1.54) is 0 Å². The van der Waals surface area contributed by atoms with Gasteiger partial charge in [-0.1, -0.05) is 54.6 Å². The highest BCUT2D eigenvalue weighted by Gasteiger charge is 2.54. The smallest absolute Gasteiger partial charge is 0.293 e. The largest absolute Gasteiger partial charge is 0.359 e. The minimum absolute atomic E-state index is 0.0747. The van der Waals surface area contributed by atoms with Crippen LogP contribution in [0.1, 0.15) is 48.9 Å². The van der Waals surface area contributed by atoms with E-state index < -0.39 is 17.4 Å². The van der Waals surface area contributed by atoms with Crippen molar-refractivity contribution in [3.63, 3.8) is 0 Å². The summed E-state index contributed by atoms with van der Waals surface area (Å²) in [6, 6.07) is 17.2. The molecule has 0 unspecified atom stereocenters. The molecule has 1 saturated heterocycles. The molecule has 186 valence electrons. The number of halogens is 2. The first-order chi connectivity index (χ1) is 17.3. The molecule has 3 aromatic rings. The number of hydrogen-bond acceptors (Lipinski definition) is 3. The Morgan fingerprint density at radius 1 is 1.00 bits per heavy atom. The zero-order chi connectivity index (χ0) is 25.2. The van der Waals surface area contributed by atoms with E-state index in [-0.39, 0.29) is 29.8 Å². The molecule has 2 amide bonds. The van der Waals surface area contributed by atoms with Crippen molar-refractivity contribution in [2.75, 3.05) is 25.0 Å². The number of fused-ring (bicyclic) bond motifs is 1. The summed E-state index contributed by atoms with van der Waals surface area (Å²) >= 11 is 0. The molecule has 1 aliphatic carbocycles. The number of carbonyl (C=O) groups excluding carboxylic acids is 2. The van der Waals surface area contributed by atoms with Crippen molar-refractivity contribution in [3.8, 4) is 0 Å². The normalized spacial score (nSPS) is 25.4. The number of likely N-dealkylation sites (tertiary alicyclic amines) is 1. The number of para-hydroxylation sites is 1. The first-order valence-electron chi connectivity index (χ1n) is 12.5. The highest BCUT2D eigenvalue weighted by molar-refractivity contribution is 6.10. The van der Waals surface area contributed by atoms with Gasteiger partial charge in [-0.2, -0.15) is 8.78 Å². The molecule has 1 fully saturated rings. The molecule has 0 spiro atoms. The van der Waals surface area contributed by atoms with Gasteiger partial charge in [0, 0.05) is 43.9 Å². The lowest BCUT2D eigenvalue weighted by atomic mass is 9.80. The molecule has 3 aromatic carbocycles.